The van der Waals surface area contributed by atoms with Gasteiger partial charge in [-0.3, -0.25) is 4.90 Å². The van der Waals surface area contributed by atoms with Crippen LogP contribution in [0.5, 0.6) is 0 Å². The van der Waals surface area contributed by atoms with Crippen molar-refractivity contribution >= 4 is 0 Å². The molecule has 118 valence electrons. The summed E-state index contributed by atoms with van der Waals surface area (Å²) in [4.78, 5) is 2.17. The molecular formula is C15H17F2N3O2. The quantitative estimate of drug-likeness (QED) is 0.939. The minimum Gasteiger partial charge on any atom is -0.388 e. The number of rotatable bonds is 4. The number of aliphatic hydroxyl groups is 1. The van der Waals surface area contributed by atoms with Gasteiger partial charge in [-0.1, -0.05) is 10.3 Å². The molecule has 0 aliphatic carbocycles. The maximum atomic E-state index is 13.7. The molecule has 7 heteroatoms. The van der Waals surface area contributed by atoms with Crippen molar-refractivity contribution in [3.05, 3.63) is 47.3 Å². The van der Waals surface area contributed by atoms with Crippen molar-refractivity contribution < 1.29 is 18.5 Å². The molecule has 0 amide bonds. The molecule has 22 heavy (non-hydrogen) atoms. The molecule has 0 radical (unpaired) electrons. The Bertz CT molecular complexity index is 613. The standard InChI is InChI=1S/C15H17F2N3O2/c16-11-1-2-14(17)13(7-11)15(21)10-3-5-20(6-4-10)9-12-8-18-22-19-12/h1-2,7-8,10,15,21H,3-6,9H2. The number of piperidine rings is 1. The van der Waals surface area contributed by atoms with Crippen LogP contribution in [0.25, 0.3) is 0 Å². The normalized spacial score (nSPS) is 18.5. The molecule has 1 atom stereocenters. The molecule has 2 heterocycles. The van der Waals surface area contributed by atoms with Gasteiger partial charge in [-0.15, -0.1) is 0 Å². The minimum absolute atomic E-state index is 0.0409. The average molecular weight is 309 g/mol. The highest BCUT2D eigenvalue weighted by Crippen LogP contribution is 2.32. The van der Waals surface area contributed by atoms with Gasteiger partial charge < -0.3 is 5.11 Å². The molecule has 1 aliphatic rings. The molecule has 0 spiro atoms. The zero-order valence-corrected chi connectivity index (χ0v) is 12.0. The van der Waals surface area contributed by atoms with Crippen LogP contribution < -0.4 is 0 Å². The van der Waals surface area contributed by atoms with Gasteiger partial charge in [-0.05, 0) is 50.0 Å². The molecular weight excluding hydrogens is 292 g/mol. The Morgan fingerprint density at radius 2 is 2.09 bits per heavy atom. The van der Waals surface area contributed by atoms with Crippen molar-refractivity contribution in [2.24, 2.45) is 5.92 Å². The van der Waals surface area contributed by atoms with Crippen LogP contribution in [0.15, 0.2) is 29.0 Å². The fraction of sp³-hybridized carbons (Fsp3) is 0.467. The van der Waals surface area contributed by atoms with Gasteiger partial charge in [0.15, 0.2) is 0 Å². The van der Waals surface area contributed by atoms with E-state index in [0.717, 1.165) is 37.0 Å². The van der Waals surface area contributed by atoms with E-state index in [4.69, 9.17) is 0 Å². The van der Waals surface area contributed by atoms with E-state index in [1.165, 1.54) is 0 Å². The van der Waals surface area contributed by atoms with Crippen LogP contribution >= 0.6 is 0 Å². The van der Waals surface area contributed by atoms with Gasteiger partial charge in [0.05, 0.1) is 12.3 Å². The Morgan fingerprint density at radius 1 is 1.32 bits per heavy atom. The number of hydrogen-bond acceptors (Lipinski definition) is 5. The molecule has 1 unspecified atom stereocenters. The van der Waals surface area contributed by atoms with Crippen LogP contribution in [0.4, 0.5) is 8.78 Å². The van der Waals surface area contributed by atoms with Crippen LogP contribution in [0.1, 0.15) is 30.2 Å². The van der Waals surface area contributed by atoms with Gasteiger partial charge >= 0.3 is 0 Å². The van der Waals surface area contributed by atoms with Crippen LogP contribution in [-0.4, -0.2) is 33.4 Å². The molecule has 1 aromatic heterocycles. The van der Waals surface area contributed by atoms with Crippen molar-refractivity contribution in [3.63, 3.8) is 0 Å². The Morgan fingerprint density at radius 3 is 2.77 bits per heavy atom. The van der Waals surface area contributed by atoms with Crippen molar-refractivity contribution in [3.8, 4) is 0 Å². The van der Waals surface area contributed by atoms with Gasteiger partial charge in [0.25, 0.3) is 0 Å². The third-order valence-electron chi connectivity index (χ3n) is 4.15. The number of aliphatic hydroxyl groups excluding tert-OH is 1. The van der Waals surface area contributed by atoms with E-state index in [-0.39, 0.29) is 11.5 Å². The van der Waals surface area contributed by atoms with Crippen LogP contribution in [0, 0.1) is 17.6 Å². The number of aromatic nitrogens is 2. The third-order valence-corrected chi connectivity index (χ3v) is 4.15. The topological polar surface area (TPSA) is 62.4 Å². The van der Waals surface area contributed by atoms with Gasteiger partial charge in [0.2, 0.25) is 0 Å². The lowest BCUT2D eigenvalue weighted by Gasteiger charge is -2.33. The number of benzene rings is 1. The smallest absolute Gasteiger partial charge is 0.129 e. The first kappa shape index (κ1) is 15.1. The molecule has 2 aromatic rings. The monoisotopic (exact) mass is 309 g/mol. The highest BCUT2D eigenvalue weighted by atomic mass is 19.1. The van der Waals surface area contributed by atoms with Gasteiger partial charge in [-0.25, -0.2) is 13.4 Å². The Hall–Kier alpha value is -1.86. The van der Waals surface area contributed by atoms with Crippen molar-refractivity contribution in [2.45, 2.75) is 25.5 Å². The summed E-state index contributed by atoms with van der Waals surface area (Å²) in [7, 11) is 0. The second-order valence-corrected chi connectivity index (χ2v) is 5.62. The molecule has 1 aromatic carbocycles. The lowest BCUT2D eigenvalue weighted by atomic mass is 9.87. The summed E-state index contributed by atoms with van der Waals surface area (Å²) >= 11 is 0. The molecule has 0 saturated carbocycles. The number of hydrogen-bond donors (Lipinski definition) is 1. The Balaban J connectivity index is 1.59. The van der Waals surface area contributed by atoms with E-state index in [2.05, 4.69) is 19.8 Å². The van der Waals surface area contributed by atoms with Gasteiger partial charge in [0.1, 0.15) is 17.3 Å². The molecule has 1 saturated heterocycles. The van der Waals surface area contributed by atoms with Gasteiger partial charge in [0, 0.05) is 12.1 Å². The van der Waals surface area contributed by atoms with E-state index in [1.807, 2.05) is 0 Å². The first-order valence-corrected chi connectivity index (χ1v) is 7.25. The van der Waals surface area contributed by atoms with Crippen LogP contribution in [0.3, 0.4) is 0 Å². The summed E-state index contributed by atoms with van der Waals surface area (Å²) in [5.41, 5.74) is 0.800. The Labute approximate surface area is 126 Å². The number of likely N-dealkylation sites (tertiary alicyclic amines) is 1. The summed E-state index contributed by atoms with van der Waals surface area (Å²) in [5.74, 6) is -1.18. The number of nitrogens with zero attached hydrogens (tertiary/aromatic N) is 3. The average Bonchev–Trinajstić information content (AvgIpc) is 3.03. The highest BCUT2D eigenvalue weighted by molar-refractivity contribution is 5.21. The summed E-state index contributed by atoms with van der Waals surface area (Å²) in [5, 5.41) is 17.7. The van der Waals surface area contributed by atoms with Gasteiger partial charge in [-0.2, -0.15) is 0 Å². The second-order valence-electron chi connectivity index (χ2n) is 5.62. The molecule has 5 nitrogen and oxygen atoms in total. The number of halogens is 2. The van der Waals surface area contributed by atoms with E-state index in [1.54, 1.807) is 6.20 Å². The lowest BCUT2D eigenvalue weighted by molar-refractivity contribution is 0.0536. The fourth-order valence-corrected chi connectivity index (χ4v) is 2.90. The second kappa shape index (κ2) is 6.50. The summed E-state index contributed by atoms with van der Waals surface area (Å²) in [6, 6.07) is 3.19. The van der Waals surface area contributed by atoms with E-state index in [9.17, 15) is 13.9 Å². The van der Waals surface area contributed by atoms with Crippen molar-refractivity contribution in [1.29, 1.82) is 0 Å². The summed E-state index contributed by atoms with van der Waals surface area (Å²) < 4.78 is 31.5. The van der Waals surface area contributed by atoms with Crippen molar-refractivity contribution in [2.75, 3.05) is 13.1 Å². The molecule has 1 fully saturated rings. The molecule has 0 bridgehead atoms. The van der Waals surface area contributed by atoms with Crippen LogP contribution in [-0.2, 0) is 6.54 Å². The largest absolute Gasteiger partial charge is 0.388 e. The predicted molar refractivity (Wildman–Crippen MR) is 73.6 cm³/mol. The van der Waals surface area contributed by atoms with E-state index in [0.29, 0.717) is 19.4 Å². The molecule has 3 rings (SSSR count). The third kappa shape index (κ3) is 3.31. The zero-order chi connectivity index (χ0) is 15.5. The first-order valence-electron chi connectivity index (χ1n) is 7.25. The maximum absolute atomic E-state index is 13.7. The maximum Gasteiger partial charge on any atom is 0.129 e. The minimum atomic E-state index is -0.980. The lowest BCUT2D eigenvalue weighted by Crippen LogP contribution is -2.35. The molecule has 1 N–H and O–H groups in total. The Kier molecular flexibility index (Phi) is 4.44. The first-order chi connectivity index (χ1) is 10.6. The van der Waals surface area contributed by atoms with Crippen LogP contribution in [0.2, 0.25) is 0 Å². The summed E-state index contributed by atoms with van der Waals surface area (Å²) in [6.07, 6.45) is 2.01. The summed E-state index contributed by atoms with van der Waals surface area (Å²) in [6.45, 7) is 2.15. The molecule has 1 aliphatic heterocycles. The van der Waals surface area contributed by atoms with E-state index >= 15 is 0 Å². The SMILES string of the molecule is OC(c1cc(F)ccc1F)C1CCN(Cc2cnon2)CC1. The fourth-order valence-electron chi connectivity index (χ4n) is 2.90. The highest BCUT2D eigenvalue weighted by Gasteiger charge is 2.28. The predicted octanol–water partition coefficient (Wildman–Crippen LogP) is 2.29. The van der Waals surface area contributed by atoms with E-state index < -0.39 is 17.7 Å². The van der Waals surface area contributed by atoms with Crippen molar-refractivity contribution in [1.82, 2.24) is 15.2 Å². The zero-order valence-electron chi connectivity index (χ0n) is 12.0.